The van der Waals surface area contributed by atoms with E-state index in [4.69, 9.17) is 4.74 Å². The number of methoxy groups -OCH3 is 1. The van der Waals surface area contributed by atoms with Crippen LogP contribution in [0.2, 0.25) is 0 Å². The van der Waals surface area contributed by atoms with Gasteiger partial charge in [-0.3, -0.25) is 4.79 Å². The van der Waals surface area contributed by atoms with E-state index in [1.165, 1.54) is 0 Å². The lowest BCUT2D eigenvalue weighted by Gasteiger charge is -2.24. The molecule has 0 aliphatic heterocycles. The monoisotopic (exact) mass is 229 g/mol. The summed E-state index contributed by atoms with van der Waals surface area (Å²) in [6, 6.07) is 0. The molecule has 0 N–H and O–H groups in total. The van der Waals surface area contributed by atoms with Crippen LogP contribution in [0.4, 0.5) is 0 Å². The van der Waals surface area contributed by atoms with Crippen LogP contribution < -0.4 is 0 Å². The van der Waals surface area contributed by atoms with Gasteiger partial charge in [-0.25, -0.2) is 0 Å². The zero-order chi connectivity index (χ0) is 12.4. The van der Waals surface area contributed by atoms with Crippen molar-refractivity contribution in [2.75, 3.05) is 26.8 Å². The number of unbranched alkanes of at least 4 members (excludes halogenated alkanes) is 2. The van der Waals surface area contributed by atoms with Crippen LogP contribution in [0, 0.1) is 5.92 Å². The van der Waals surface area contributed by atoms with E-state index in [0.717, 1.165) is 32.4 Å². The lowest BCUT2D eigenvalue weighted by atomic mass is 10.1. The van der Waals surface area contributed by atoms with Gasteiger partial charge >= 0.3 is 0 Å². The van der Waals surface area contributed by atoms with Crippen molar-refractivity contribution in [3.8, 4) is 0 Å². The van der Waals surface area contributed by atoms with Crippen LogP contribution in [0.25, 0.3) is 0 Å². The van der Waals surface area contributed by atoms with E-state index in [2.05, 4.69) is 20.8 Å². The van der Waals surface area contributed by atoms with Crippen molar-refractivity contribution in [2.24, 2.45) is 5.92 Å². The third kappa shape index (κ3) is 7.69. The van der Waals surface area contributed by atoms with Gasteiger partial charge in [0.1, 0.15) is 0 Å². The molecule has 0 bridgehead atoms. The third-order valence-electron chi connectivity index (χ3n) is 2.50. The van der Waals surface area contributed by atoms with E-state index in [0.29, 0.717) is 18.9 Å². The third-order valence-corrected chi connectivity index (χ3v) is 2.50. The summed E-state index contributed by atoms with van der Waals surface area (Å²) >= 11 is 0. The number of carbonyl (C=O) groups excluding carboxylic acids is 1. The summed E-state index contributed by atoms with van der Waals surface area (Å²) in [5.74, 6) is 0.797. The van der Waals surface area contributed by atoms with Crippen LogP contribution in [-0.4, -0.2) is 37.6 Å². The first-order valence-corrected chi connectivity index (χ1v) is 6.38. The SMILES string of the molecule is CCCCCC(=O)N(CCOC)CC(C)C. The van der Waals surface area contributed by atoms with Crippen LogP contribution >= 0.6 is 0 Å². The molecule has 0 saturated heterocycles. The molecule has 0 saturated carbocycles. The lowest BCUT2D eigenvalue weighted by Crippen LogP contribution is -2.36. The number of hydrogen-bond donors (Lipinski definition) is 0. The van der Waals surface area contributed by atoms with E-state index in [1.54, 1.807) is 7.11 Å². The number of ether oxygens (including phenoxy) is 1. The predicted octanol–water partition coefficient (Wildman–Crippen LogP) is 2.70. The second kappa shape index (κ2) is 9.64. The molecule has 0 aliphatic rings. The molecule has 0 aromatic rings. The Labute approximate surface area is 100 Å². The van der Waals surface area contributed by atoms with Crippen molar-refractivity contribution in [1.29, 1.82) is 0 Å². The minimum atomic E-state index is 0.277. The van der Waals surface area contributed by atoms with E-state index in [9.17, 15) is 4.79 Å². The van der Waals surface area contributed by atoms with Crippen molar-refractivity contribution in [3.63, 3.8) is 0 Å². The van der Waals surface area contributed by atoms with Crippen molar-refractivity contribution < 1.29 is 9.53 Å². The molecule has 3 heteroatoms. The van der Waals surface area contributed by atoms with Crippen LogP contribution in [0.15, 0.2) is 0 Å². The summed E-state index contributed by atoms with van der Waals surface area (Å²) in [4.78, 5) is 13.9. The van der Waals surface area contributed by atoms with Gasteiger partial charge < -0.3 is 9.64 Å². The predicted molar refractivity (Wildman–Crippen MR) is 67.4 cm³/mol. The van der Waals surface area contributed by atoms with Gasteiger partial charge in [-0.15, -0.1) is 0 Å². The molecule has 0 spiro atoms. The highest BCUT2D eigenvalue weighted by atomic mass is 16.5. The average Bonchev–Trinajstić information content (AvgIpc) is 2.23. The second-order valence-electron chi connectivity index (χ2n) is 4.68. The smallest absolute Gasteiger partial charge is 0.222 e. The summed E-state index contributed by atoms with van der Waals surface area (Å²) in [6.07, 6.45) is 4.00. The molecular weight excluding hydrogens is 202 g/mol. The molecule has 0 unspecified atom stereocenters. The summed E-state index contributed by atoms with van der Waals surface area (Å²) in [5.41, 5.74) is 0. The van der Waals surface area contributed by atoms with E-state index in [-0.39, 0.29) is 5.91 Å². The number of carbonyl (C=O) groups is 1. The molecule has 0 fully saturated rings. The van der Waals surface area contributed by atoms with Gasteiger partial charge in [0.05, 0.1) is 6.61 Å². The van der Waals surface area contributed by atoms with Gasteiger partial charge in [-0.2, -0.15) is 0 Å². The number of hydrogen-bond acceptors (Lipinski definition) is 2. The molecule has 0 aliphatic carbocycles. The fourth-order valence-electron chi connectivity index (χ4n) is 1.64. The summed E-state index contributed by atoms with van der Waals surface area (Å²) in [7, 11) is 1.68. The Hall–Kier alpha value is -0.570. The maximum absolute atomic E-state index is 11.9. The van der Waals surface area contributed by atoms with Gasteiger partial charge in [0.15, 0.2) is 0 Å². The highest BCUT2D eigenvalue weighted by molar-refractivity contribution is 5.76. The Morgan fingerprint density at radius 2 is 2.00 bits per heavy atom. The molecule has 3 nitrogen and oxygen atoms in total. The summed E-state index contributed by atoms with van der Waals surface area (Å²) < 4.78 is 5.04. The van der Waals surface area contributed by atoms with Gasteiger partial charge in [-0.1, -0.05) is 33.6 Å². The number of rotatable bonds is 9. The zero-order valence-corrected chi connectivity index (χ0v) is 11.3. The van der Waals surface area contributed by atoms with Gasteiger partial charge in [0.25, 0.3) is 0 Å². The Balaban J connectivity index is 3.99. The average molecular weight is 229 g/mol. The topological polar surface area (TPSA) is 29.5 Å². The Bertz CT molecular complexity index is 181. The molecule has 0 rings (SSSR count). The molecule has 0 aromatic heterocycles. The Morgan fingerprint density at radius 3 is 2.50 bits per heavy atom. The molecule has 0 aromatic carbocycles. The quantitative estimate of drug-likeness (QED) is 0.569. The molecule has 16 heavy (non-hydrogen) atoms. The molecule has 1 amide bonds. The fourth-order valence-corrected chi connectivity index (χ4v) is 1.64. The van der Waals surface area contributed by atoms with Crippen LogP contribution in [0.1, 0.15) is 46.5 Å². The summed E-state index contributed by atoms with van der Waals surface area (Å²) in [5, 5.41) is 0. The van der Waals surface area contributed by atoms with Crippen molar-refractivity contribution in [1.82, 2.24) is 4.90 Å². The van der Waals surface area contributed by atoms with Crippen molar-refractivity contribution in [2.45, 2.75) is 46.5 Å². The van der Waals surface area contributed by atoms with Crippen molar-refractivity contribution >= 4 is 5.91 Å². The molecule has 0 radical (unpaired) electrons. The Morgan fingerprint density at radius 1 is 1.31 bits per heavy atom. The molecule has 96 valence electrons. The van der Waals surface area contributed by atoms with E-state index >= 15 is 0 Å². The summed E-state index contributed by atoms with van der Waals surface area (Å²) in [6.45, 7) is 8.62. The van der Waals surface area contributed by atoms with Crippen LogP contribution in [0.5, 0.6) is 0 Å². The minimum absolute atomic E-state index is 0.277. The highest BCUT2D eigenvalue weighted by Crippen LogP contribution is 2.06. The second-order valence-corrected chi connectivity index (χ2v) is 4.68. The lowest BCUT2D eigenvalue weighted by molar-refractivity contribution is -0.132. The van der Waals surface area contributed by atoms with Gasteiger partial charge in [0.2, 0.25) is 5.91 Å². The normalized spacial score (nSPS) is 10.8. The maximum atomic E-state index is 11.9. The first kappa shape index (κ1) is 15.4. The standard InChI is InChI=1S/C13H27NO2/c1-5-6-7-8-13(15)14(9-10-16-4)11-12(2)3/h12H,5-11H2,1-4H3. The van der Waals surface area contributed by atoms with Gasteiger partial charge in [-0.05, 0) is 12.3 Å². The first-order valence-electron chi connectivity index (χ1n) is 6.38. The molecule has 0 atom stereocenters. The number of amides is 1. The van der Waals surface area contributed by atoms with Crippen LogP contribution in [0.3, 0.4) is 0 Å². The van der Waals surface area contributed by atoms with E-state index in [1.807, 2.05) is 4.90 Å². The minimum Gasteiger partial charge on any atom is -0.383 e. The number of nitrogens with zero attached hydrogens (tertiary/aromatic N) is 1. The van der Waals surface area contributed by atoms with E-state index < -0.39 is 0 Å². The first-order chi connectivity index (χ1) is 7.61. The fraction of sp³-hybridized carbons (Fsp3) is 0.923. The largest absolute Gasteiger partial charge is 0.383 e. The Kier molecular flexibility index (Phi) is 9.30. The molecule has 0 heterocycles. The van der Waals surface area contributed by atoms with Crippen molar-refractivity contribution in [3.05, 3.63) is 0 Å². The maximum Gasteiger partial charge on any atom is 0.222 e. The van der Waals surface area contributed by atoms with Gasteiger partial charge in [0, 0.05) is 26.6 Å². The van der Waals surface area contributed by atoms with Crippen LogP contribution in [-0.2, 0) is 9.53 Å². The highest BCUT2D eigenvalue weighted by Gasteiger charge is 2.13. The molecular formula is C13H27NO2. The zero-order valence-electron chi connectivity index (χ0n) is 11.3.